The fourth-order valence-corrected chi connectivity index (χ4v) is 1.92. The van der Waals surface area contributed by atoms with Gasteiger partial charge < -0.3 is 5.11 Å². The van der Waals surface area contributed by atoms with Crippen LogP contribution in [0.2, 0.25) is 0 Å². The lowest BCUT2D eigenvalue weighted by Gasteiger charge is -2.09. The predicted octanol–water partition coefficient (Wildman–Crippen LogP) is 1.89. The van der Waals surface area contributed by atoms with Crippen molar-refractivity contribution in [1.29, 1.82) is 0 Å². The van der Waals surface area contributed by atoms with Crippen molar-refractivity contribution in [1.82, 2.24) is 4.57 Å². The minimum Gasteiger partial charge on any atom is -0.477 e. The van der Waals surface area contributed by atoms with Crippen LogP contribution in [0.5, 0.6) is 0 Å². The summed E-state index contributed by atoms with van der Waals surface area (Å²) in [6, 6.07) is 4.57. The van der Waals surface area contributed by atoms with Crippen LogP contribution in [0.15, 0.2) is 35.3 Å². The van der Waals surface area contributed by atoms with Crippen molar-refractivity contribution in [3.63, 3.8) is 0 Å². The molecule has 0 unspecified atom stereocenters. The van der Waals surface area contributed by atoms with Crippen molar-refractivity contribution in [3.05, 3.63) is 67.9 Å². The number of aromatic nitrogens is 1. The first-order chi connectivity index (χ1) is 9.82. The molecule has 0 aliphatic carbocycles. The summed E-state index contributed by atoms with van der Waals surface area (Å²) < 4.78 is 13.7. The highest BCUT2D eigenvalue weighted by Gasteiger charge is 2.24. The molecule has 1 aromatic heterocycles. The number of hydrogen-bond donors (Lipinski definition) is 1. The predicted molar refractivity (Wildman–Crippen MR) is 70.3 cm³/mol. The first-order valence-electron chi connectivity index (χ1n) is 5.73. The first-order valence-corrected chi connectivity index (χ1v) is 5.73. The summed E-state index contributed by atoms with van der Waals surface area (Å²) in [6.07, 6.45) is 0.928. The van der Waals surface area contributed by atoms with E-state index in [9.17, 15) is 24.1 Å². The second-order valence-corrected chi connectivity index (χ2v) is 4.23. The van der Waals surface area contributed by atoms with Gasteiger partial charge in [-0.3, -0.25) is 19.5 Å². The Bertz CT molecular complexity index is 795. The highest BCUT2D eigenvalue weighted by molar-refractivity contribution is 5.90. The lowest BCUT2D eigenvalue weighted by molar-refractivity contribution is -0.385. The molecule has 1 aromatic carbocycles. The van der Waals surface area contributed by atoms with Crippen molar-refractivity contribution in [2.45, 2.75) is 6.92 Å². The number of benzene rings is 1. The van der Waals surface area contributed by atoms with E-state index in [1.54, 1.807) is 0 Å². The van der Waals surface area contributed by atoms with Gasteiger partial charge in [-0.1, -0.05) is 0 Å². The molecule has 0 saturated heterocycles. The Kier molecular flexibility index (Phi) is 3.53. The van der Waals surface area contributed by atoms with Gasteiger partial charge in [0, 0.05) is 11.3 Å². The summed E-state index contributed by atoms with van der Waals surface area (Å²) in [5.74, 6) is -2.11. The molecule has 0 saturated carbocycles. The molecule has 8 heteroatoms. The largest absolute Gasteiger partial charge is 0.477 e. The highest BCUT2D eigenvalue weighted by atomic mass is 19.1. The molecular formula is C13H9FN2O5. The van der Waals surface area contributed by atoms with E-state index in [2.05, 4.69) is 0 Å². The quantitative estimate of drug-likeness (QED) is 0.687. The lowest BCUT2D eigenvalue weighted by Crippen LogP contribution is -2.27. The molecule has 0 bridgehead atoms. The third-order valence-corrected chi connectivity index (χ3v) is 2.96. The van der Waals surface area contributed by atoms with Gasteiger partial charge in [0.2, 0.25) is 0 Å². The van der Waals surface area contributed by atoms with E-state index >= 15 is 0 Å². The molecular weight excluding hydrogens is 283 g/mol. The normalized spacial score (nSPS) is 10.4. The molecule has 0 atom stereocenters. The van der Waals surface area contributed by atoms with Crippen LogP contribution in [0.25, 0.3) is 5.69 Å². The number of halogens is 1. The molecule has 0 fully saturated rings. The van der Waals surface area contributed by atoms with Gasteiger partial charge in [-0.25, -0.2) is 9.18 Å². The van der Waals surface area contributed by atoms with Crippen LogP contribution >= 0.6 is 0 Å². The number of carboxylic acid groups (broad SMARTS) is 1. The highest BCUT2D eigenvalue weighted by Crippen LogP contribution is 2.20. The maximum absolute atomic E-state index is 12.9. The van der Waals surface area contributed by atoms with Crippen LogP contribution in [-0.2, 0) is 0 Å². The zero-order valence-electron chi connectivity index (χ0n) is 10.7. The van der Waals surface area contributed by atoms with E-state index in [0.717, 1.165) is 22.9 Å². The van der Waals surface area contributed by atoms with Crippen LogP contribution in [0.1, 0.15) is 15.9 Å². The van der Waals surface area contributed by atoms with Gasteiger partial charge in [0.05, 0.1) is 11.1 Å². The van der Waals surface area contributed by atoms with Crippen LogP contribution in [0.4, 0.5) is 10.1 Å². The van der Waals surface area contributed by atoms with Gasteiger partial charge in [-0.2, -0.15) is 0 Å². The Morgan fingerprint density at radius 1 is 1.33 bits per heavy atom. The van der Waals surface area contributed by atoms with Gasteiger partial charge in [-0.15, -0.1) is 0 Å². The monoisotopic (exact) mass is 292 g/mol. The van der Waals surface area contributed by atoms with Gasteiger partial charge >= 0.3 is 5.97 Å². The van der Waals surface area contributed by atoms with Crippen LogP contribution in [0.3, 0.4) is 0 Å². The van der Waals surface area contributed by atoms with Crippen molar-refractivity contribution in [3.8, 4) is 5.69 Å². The Morgan fingerprint density at radius 3 is 2.38 bits per heavy atom. The Labute approximate surface area is 117 Å². The Morgan fingerprint density at radius 2 is 1.90 bits per heavy atom. The lowest BCUT2D eigenvalue weighted by atomic mass is 10.1. The summed E-state index contributed by atoms with van der Waals surface area (Å²) in [7, 11) is 0. The topological polar surface area (TPSA) is 102 Å². The van der Waals surface area contributed by atoms with E-state index in [-0.39, 0.29) is 11.3 Å². The molecule has 0 radical (unpaired) electrons. The molecule has 108 valence electrons. The summed E-state index contributed by atoms with van der Waals surface area (Å²) >= 11 is 0. The second kappa shape index (κ2) is 5.16. The summed E-state index contributed by atoms with van der Waals surface area (Å²) in [6.45, 7) is 1.19. The van der Waals surface area contributed by atoms with Gasteiger partial charge in [0.1, 0.15) is 11.4 Å². The second-order valence-electron chi connectivity index (χ2n) is 4.23. The number of nitrogens with zero attached hydrogens (tertiary/aromatic N) is 2. The molecule has 1 N–H and O–H groups in total. The van der Waals surface area contributed by atoms with Crippen molar-refractivity contribution in [2.75, 3.05) is 0 Å². The molecule has 21 heavy (non-hydrogen) atoms. The van der Waals surface area contributed by atoms with Gasteiger partial charge in [0.15, 0.2) is 0 Å². The number of rotatable bonds is 3. The molecule has 2 aromatic rings. The van der Waals surface area contributed by atoms with Crippen LogP contribution in [-0.4, -0.2) is 20.6 Å². The van der Waals surface area contributed by atoms with Crippen molar-refractivity contribution < 1.29 is 19.2 Å². The van der Waals surface area contributed by atoms with Crippen molar-refractivity contribution >= 4 is 11.7 Å². The molecule has 0 amide bonds. The fraction of sp³-hybridized carbons (Fsp3) is 0.0769. The summed E-state index contributed by atoms with van der Waals surface area (Å²) in [5.41, 5.74) is -2.20. The Hall–Kier alpha value is -3.03. The van der Waals surface area contributed by atoms with Crippen molar-refractivity contribution in [2.24, 2.45) is 0 Å². The number of pyridine rings is 1. The zero-order chi connectivity index (χ0) is 15.7. The number of aromatic carboxylic acids is 1. The minimum atomic E-state index is -1.56. The molecule has 7 nitrogen and oxygen atoms in total. The van der Waals surface area contributed by atoms with Crippen LogP contribution in [0, 0.1) is 22.9 Å². The number of nitro groups is 1. The molecule has 0 spiro atoms. The van der Waals surface area contributed by atoms with E-state index in [1.807, 2.05) is 0 Å². The number of carbonyl (C=O) groups is 1. The average Bonchev–Trinajstić information content (AvgIpc) is 2.39. The standard InChI is InChI=1S/C13H9FN2O5/c1-7-10(16(20)21)6-15(12(17)11(7)13(18)19)9-4-2-8(14)3-5-9/h2-6H,1H3,(H,18,19). The SMILES string of the molecule is Cc1c([N+](=O)[O-])cn(-c2ccc(F)cc2)c(=O)c1C(=O)O. The summed E-state index contributed by atoms with van der Waals surface area (Å²) in [5, 5.41) is 20.1. The average molecular weight is 292 g/mol. The zero-order valence-corrected chi connectivity index (χ0v) is 10.7. The maximum Gasteiger partial charge on any atom is 0.341 e. The third-order valence-electron chi connectivity index (χ3n) is 2.96. The molecule has 0 aliphatic heterocycles. The first kappa shape index (κ1) is 14.4. The van der Waals surface area contributed by atoms with Crippen LogP contribution < -0.4 is 5.56 Å². The van der Waals surface area contributed by atoms with Gasteiger partial charge in [-0.05, 0) is 31.2 Å². The molecule has 0 aliphatic rings. The number of carboxylic acids is 1. The maximum atomic E-state index is 12.9. The van der Waals surface area contributed by atoms with E-state index in [4.69, 9.17) is 5.11 Å². The van der Waals surface area contributed by atoms with Gasteiger partial charge in [0.25, 0.3) is 11.2 Å². The van der Waals surface area contributed by atoms with E-state index in [0.29, 0.717) is 0 Å². The fourth-order valence-electron chi connectivity index (χ4n) is 1.92. The smallest absolute Gasteiger partial charge is 0.341 e. The van der Waals surface area contributed by atoms with E-state index in [1.165, 1.54) is 19.1 Å². The van der Waals surface area contributed by atoms with E-state index < -0.39 is 33.5 Å². The summed E-state index contributed by atoms with van der Waals surface area (Å²) in [4.78, 5) is 33.5. The molecule has 1 heterocycles. The number of hydrogen-bond acceptors (Lipinski definition) is 4. The minimum absolute atomic E-state index is 0.131. The Balaban J connectivity index is 2.83. The molecule has 2 rings (SSSR count). The third kappa shape index (κ3) is 2.50.